The van der Waals surface area contributed by atoms with Crippen molar-refractivity contribution in [1.29, 1.82) is 0 Å². The van der Waals surface area contributed by atoms with E-state index in [4.69, 9.17) is 5.11 Å². The predicted octanol–water partition coefficient (Wildman–Crippen LogP) is 1.53. The van der Waals surface area contributed by atoms with Crippen molar-refractivity contribution in [2.24, 2.45) is 12.5 Å². The number of carboxylic acids is 1. The van der Waals surface area contributed by atoms with Crippen molar-refractivity contribution in [3.63, 3.8) is 0 Å². The highest BCUT2D eigenvalue weighted by Crippen LogP contribution is 2.31. The van der Waals surface area contributed by atoms with Crippen LogP contribution >= 0.6 is 0 Å². The third-order valence-corrected chi connectivity index (χ3v) is 3.04. The van der Waals surface area contributed by atoms with E-state index >= 15 is 0 Å². The first-order chi connectivity index (χ1) is 9.76. The van der Waals surface area contributed by atoms with Gasteiger partial charge in [0.1, 0.15) is 5.69 Å². The minimum Gasteiger partial charge on any atom is -0.481 e. The number of rotatable bonds is 5. The summed E-state index contributed by atoms with van der Waals surface area (Å²) in [5, 5.41) is 25.1. The number of aromatic nitrogens is 6. The van der Waals surface area contributed by atoms with Crippen LogP contribution in [0.25, 0.3) is 11.5 Å². The summed E-state index contributed by atoms with van der Waals surface area (Å²) < 4.78 is 3.23. The van der Waals surface area contributed by atoms with Crippen LogP contribution in [0.15, 0.2) is 12.3 Å². The van der Waals surface area contributed by atoms with E-state index in [0.717, 1.165) is 0 Å². The lowest BCUT2D eigenvalue weighted by molar-refractivity contribution is -0.138. The van der Waals surface area contributed by atoms with Crippen molar-refractivity contribution in [2.45, 2.75) is 39.7 Å². The molecule has 114 valence electrons. The molecule has 0 spiro atoms. The van der Waals surface area contributed by atoms with E-state index in [1.54, 1.807) is 21.6 Å². The van der Waals surface area contributed by atoms with Gasteiger partial charge in [-0.25, -0.2) is 4.68 Å². The molecular formula is C13H20N6O2. The minimum atomic E-state index is -0.869. The van der Waals surface area contributed by atoms with Gasteiger partial charge < -0.3 is 5.11 Å². The molecule has 1 atom stereocenters. The monoisotopic (exact) mass is 292 g/mol. The molecule has 8 nitrogen and oxygen atoms in total. The fourth-order valence-corrected chi connectivity index (χ4v) is 2.30. The van der Waals surface area contributed by atoms with E-state index < -0.39 is 5.97 Å². The highest BCUT2D eigenvalue weighted by molar-refractivity contribution is 5.67. The number of hydrogen-bond donors (Lipinski definition) is 1. The van der Waals surface area contributed by atoms with E-state index in [2.05, 4.69) is 41.4 Å². The number of aliphatic carboxylic acids is 1. The zero-order chi connectivity index (χ0) is 15.6. The molecule has 0 aliphatic carbocycles. The van der Waals surface area contributed by atoms with Crippen molar-refractivity contribution in [2.75, 3.05) is 0 Å². The lowest BCUT2D eigenvalue weighted by atomic mass is 9.87. The Morgan fingerprint density at radius 2 is 2.14 bits per heavy atom. The molecule has 0 saturated heterocycles. The summed E-state index contributed by atoms with van der Waals surface area (Å²) in [4.78, 5) is 11.1. The second-order valence-electron chi connectivity index (χ2n) is 6.34. The maximum absolute atomic E-state index is 11.1. The van der Waals surface area contributed by atoms with Gasteiger partial charge in [-0.15, -0.1) is 5.10 Å². The number of aryl methyl sites for hydroxylation is 1. The lowest BCUT2D eigenvalue weighted by Crippen LogP contribution is -2.22. The third-order valence-electron chi connectivity index (χ3n) is 3.04. The topological polar surface area (TPSA) is 98.7 Å². The molecule has 0 saturated carbocycles. The third kappa shape index (κ3) is 3.87. The molecule has 2 heterocycles. The molecule has 0 fully saturated rings. The van der Waals surface area contributed by atoms with E-state index in [-0.39, 0.29) is 17.9 Å². The SMILES string of the molecule is Cn1ccc(-c2nnnn2C(CC(=O)O)CC(C)(C)C)n1. The van der Waals surface area contributed by atoms with Crippen molar-refractivity contribution in [1.82, 2.24) is 30.0 Å². The van der Waals surface area contributed by atoms with Gasteiger partial charge in [0.25, 0.3) is 0 Å². The Bertz CT molecular complexity index is 625. The Morgan fingerprint density at radius 3 is 2.67 bits per heavy atom. The lowest BCUT2D eigenvalue weighted by Gasteiger charge is -2.25. The van der Waals surface area contributed by atoms with Crippen LogP contribution in [0.2, 0.25) is 0 Å². The van der Waals surface area contributed by atoms with Gasteiger partial charge >= 0.3 is 5.97 Å². The van der Waals surface area contributed by atoms with E-state index in [1.807, 2.05) is 7.05 Å². The average molecular weight is 292 g/mol. The first-order valence-electron chi connectivity index (χ1n) is 6.76. The standard InChI is InChI=1S/C13H20N6O2/c1-13(2,3)8-9(7-11(20)21)19-12(14-16-17-19)10-5-6-18(4)15-10/h5-6,9H,7-8H2,1-4H3,(H,20,21). The summed E-state index contributed by atoms with van der Waals surface area (Å²) in [6.45, 7) is 6.19. The highest BCUT2D eigenvalue weighted by Gasteiger charge is 2.27. The first-order valence-corrected chi connectivity index (χ1v) is 6.76. The average Bonchev–Trinajstić information content (AvgIpc) is 2.93. The Labute approximate surface area is 122 Å². The number of hydrogen-bond acceptors (Lipinski definition) is 5. The number of nitrogens with zero attached hydrogens (tertiary/aromatic N) is 6. The van der Waals surface area contributed by atoms with Crippen LogP contribution in [0.1, 0.15) is 39.7 Å². The molecule has 1 N–H and O–H groups in total. The van der Waals surface area contributed by atoms with E-state index in [1.165, 1.54) is 0 Å². The van der Waals surface area contributed by atoms with Gasteiger partial charge in [-0.05, 0) is 28.3 Å². The van der Waals surface area contributed by atoms with Gasteiger partial charge in [0.05, 0.1) is 12.5 Å². The molecule has 0 aromatic carbocycles. The Balaban J connectivity index is 2.36. The Morgan fingerprint density at radius 1 is 1.43 bits per heavy atom. The number of carbonyl (C=O) groups is 1. The molecule has 1 unspecified atom stereocenters. The summed E-state index contributed by atoms with van der Waals surface area (Å²) in [7, 11) is 1.81. The van der Waals surface area contributed by atoms with Crippen molar-refractivity contribution in [3.05, 3.63) is 12.3 Å². The van der Waals surface area contributed by atoms with Crippen LogP contribution in [0.5, 0.6) is 0 Å². The van der Waals surface area contributed by atoms with Crippen LogP contribution in [0, 0.1) is 5.41 Å². The van der Waals surface area contributed by atoms with Gasteiger partial charge in [0.2, 0.25) is 5.82 Å². The van der Waals surface area contributed by atoms with Gasteiger partial charge in [0.15, 0.2) is 0 Å². The fraction of sp³-hybridized carbons (Fsp3) is 0.615. The zero-order valence-electron chi connectivity index (χ0n) is 12.7. The fourth-order valence-electron chi connectivity index (χ4n) is 2.30. The highest BCUT2D eigenvalue weighted by atomic mass is 16.4. The molecule has 0 amide bonds. The molecular weight excluding hydrogens is 272 g/mol. The zero-order valence-corrected chi connectivity index (χ0v) is 12.7. The summed E-state index contributed by atoms with van der Waals surface area (Å²) in [5.74, 6) is -0.377. The summed E-state index contributed by atoms with van der Waals surface area (Å²) in [5.41, 5.74) is 0.597. The van der Waals surface area contributed by atoms with E-state index in [9.17, 15) is 4.79 Å². The smallest absolute Gasteiger partial charge is 0.305 e. The van der Waals surface area contributed by atoms with Gasteiger partial charge in [-0.3, -0.25) is 9.48 Å². The maximum atomic E-state index is 11.1. The van der Waals surface area contributed by atoms with Gasteiger partial charge in [-0.1, -0.05) is 20.8 Å². The second kappa shape index (κ2) is 5.63. The molecule has 2 rings (SSSR count). The molecule has 2 aromatic rings. The van der Waals surface area contributed by atoms with Crippen molar-refractivity contribution in [3.8, 4) is 11.5 Å². The van der Waals surface area contributed by atoms with E-state index in [0.29, 0.717) is 17.9 Å². The van der Waals surface area contributed by atoms with Crippen LogP contribution < -0.4 is 0 Å². The molecule has 2 aromatic heterocycles. The van der Waals surface area contributed by atoms with Crippen LogP contribution in [0.4, 0.5) is 0 Å². The van der Waals surface area contributed by atoms with Crippen LogP contribution in [-0.4, -0.2) is 41.1 Å². The molecule has 0 radical (unpaired) electrons. The summed E-state index contributed by atoms with van der Waals surface area (Å²) in [6, 6.07) is 1.49. The minimum absolute atomic E-state index is 0.0257. The van der Waals surface area contributed by atoms with Crippen molar-refractivity contribution >= 4 is 5.97 Å². The summed E-state index contributed by atoms with van der Waals surface area (Å²) in [6.07, 6.45) is 2.43. The molecule has 0 aliphatic heterocycles. The number of tetrazole rings is 1. The normalized spacial score (nSPS) is 13.3. The molecule has 8 heteroatoms. The second-order valence-corrected chi connectivity index (χ2v) is 6.34. The molecule has 0 bridgehead atoms. The molecule has 0 aliphatic rings. The number of carboxylic acid groups (broad SMARTS) is 1. The maximum Gasteiger partial charge on any atom is 0.305 e. The molecule has 21 heavy (non-hydrogen) atoms. The first kappa shape index (κ1) is 15.1. The largest absolute Gasteiger partial charge is 0.481 e. The van der Waals surface area contributed by atoms with Gasteiger partial charge in [-0.2, -0.15) is 5.10 Å². The van der Waals surface area contributed by atoms with Crippen molar-refractivity contribution < 1.29 is 9.90 Å². The quantitative estimate of drug-likeness (QED) is 0.897. The predicted molar refractivity (Wildman–Crippen MR) is 75.4 cm³/mol. The Kier molecular flexibility index (Phi) is 4.06. The summed E-state index contributed by atoms with van der Waals surface area (Å²) >= 11 is 0. The van der Waals surface area contributed by atoms with Gasteiger partial charge in [0, 0.05) is 13.2 Å². The van der Waals surface area contributed by atoms with Crippen LogP contribution in [0.3, 0.4) is 0 Å². The van der Waals surface area contributed by atoms with Crippen LogP contribution in [-0.2, 0) is 11.8 Å². The Hall–Kier alpha value is -2.25.